The smallest absolute Gasteiger partial charge is 0.423 e. The third-order valence-electron chi connectivity index (χ3n) is 0.905. The summed E-state index contributed by atoms with van der Waals surface area (Å²) in [6, 6.07) is 0. The van der Waals surface area contributed by atoms with Crippen LogP contribution >= 0.6 is 0 Å². The van der Waals surface area contributed by atoms with Crippen LogP contribution in [-0.4, -0.2) is 18.2 Å². The minimum absolute atomic E-state index is 0.453. The zero-order valence-corrected chi connectivity index (χ0v) is 8.18. The van der Waals surface area contributed by atoms with Gasteiger partial charge in [-0.25, -0.2) is 10.2 Å². The number of nitrogens with one attached hydrogen (secondary N) is 1. The van der Waals surface area contributed by atoms with E-state index in [4.69, 9.17) is 4.74 Å². The SMILES string of the molecule is CCC[N]NC(=O)OC(C)(C)C. The maximum absolute atomic E-state index is 10.9. The van der Waals surface area contributed by atoms with Gasteiger partial charge in [-0.1, -0.05) is 6.92 Å². The van der Waals surface area contributed by atoms with E-state index in [0.717, 1.165) is 6.42 Å². The zero-order valence-electron chi connectivity index (χ0n) is 8.18. The van der Waals surface area contributed by atoms with Gasteiger partial charge < -0.3 is 4.74 Å². The fourth-order valence-electron chi connectivity index (χ4n) is 0.533. The van der Waals surface area contributed by atoms with Crippen LogP contribution in [0, 0.1) is 0 Å². The van der Waals surface area contributed by atoms with E-state index in [1.807, 2.05) is 27.7 Å². The van der Waals surface area contributed by atoms with Gasteiger partial charge >= 0.3 is 6.09 Å². The number of hydrogen-bond donors (Lipinski definition) is 1. The highest BCUT2D eigenvalue weighted by molar-refractivity contribution is 5.66. The Kier molecular flexibility index (Phi) is 4.66. The molecule has 0 aromatic rings. The van der Waals surface area contributed by atoms with Crippen LogP contribution < -0.4 is 10.9 Å². The minimum atomic E-state index is -0.490. The Bertz CT molecular complexity index is 140. The summed E-state index contributed by atoms with van der Waals surface area (Å²) in [6.45, 7) is 8.05. The van der Waals surface area contributed by atoms with Crippen LogP contribution in [-0.2, 0) is 4.74 Å². The molecule has 0 aromatic carbocycles. The molecular weight excluding hydrogens is 156 g/mol. The lowest BCUT2D eigenvalue weighted by Gasteiger charge is -2.19. The second kappa shape index (κ2) is 4.98. The van der Waals surface area contributed by atoms with Gasteiger partial charge in [0.15, 0.2) is 0 Å². The number of hydrogen-bond acceptors (Lipinski definition) is 2. The molecule has 12 heavy (non-hydrogen) atoms. The molecule has 0 aliphatic rings. The second-order valence-electron chi connectivity index (χ2n) is 3.50. The zero-order chi connectivity index (χ0) is 9.61. The van der Waals surface area contributed by atoms with Crippen LogP contribution in [0.1, 0.15) is 34.1 Å². The van der Waals surface area contributed by atoms with Crippen molar-refractivity contribution in [2.75, 3.05) is 6.54 Å². The summed E-state index contributed by atoms with van der Waals surface area (Å²) in [5, 5.41) is 0. The number of ether oxygens (including phenoxy) is 1. The highest BCUT2D eigenvalue weighted by Crippen LogP contribution is 2.05. The molecule has 4 heteroatoms. The van der Waals surface area contributed by atoms with Crippen molar-refractivity contribution in [2.45, 2.75) is 39.7 Å². The average Bonchev–Trinajstić information content (AvgIpc) is 1.84. The molecule has 0 bridgehead atoms. The Morgan fingerprint density at radius 3 is 2.50 bits per heavy atom. The summed E-state index contributed by atoms with van der Waals surface area (Å²) in [7, 11) is 0. The molecule has 1 radical (unpaired) electrons. The molecule has 0 rings (SSSR count). The molecule has 1 amide bonds. The second-order valence-corrected chi connectivity index (χ2v) is 3.50. The predicted molar refractivity (Wildman–Crippen MR) is 46.7 cm³/mol. The third-order valence-corrected chi connectivity index (χ3v) is 0.905. The van der Waals surface area contributed by atoms with E-state index < -0.39 is 11.7 Å². The van der Waals surface area contributed by atoms with E-state index in [2.05, 4.69) is 10.9 Å². The van der Waals surface area contributed by atoms with Gasteiger partial charge in [0.1, 0.15) is 5.60 Å². The van der Waals surface area contributed by atoms with Crippen molar-refractivity contribution < 1.29 is 9.53 Å². The normalized spacial score (nSPS) is 11.0. The Morgan fingerprint density at radius 1 is 1.50 bits per heavy atom. The molecule has 0 heterocycles. The summed E-state index contributed by atoms with van der Waals surface area (Å²) in [6.07, 6.45) is 0.423. The van der Waals surface area contributed by atoms with E-state index in [9.17, 15) is 4.79 Å². The van der Waals surface area contributed by atoms with Crippen LogP contribution in [0.15, 0.2) is 0 Å². The molecule has 0 unspecified atom stereocenters. The Labute approximate surface area is 73.6 Å². The summed E-state index contributed by atoms with van der Waals surface area (Å²) in [4.78, 5) is 10.9. The van der Waals surface area contributed by atoms with Gasteiger partial charge in [0.25, 0.3) is 0 Å². The maximum atomic E-state index is 10.9. The molecule has 0 aromatic heterocycles. The fourth-order valence-corrected chi connectivity index (χ4v) is 0.533. The number of nitrogens with zero attached hydrogens (tertiary/aromatic N) is 1. The monoisotopic (exact) mass is 173 g/mol. The van der Waals surface area contributed by atoms with E-state index in [-0.39, 0.29) is 0 Å². The van der Waals surface area contributed by atoms with Crippen LogP contribution in [0.3, 0.4) is 0 Å². The molecule has 0 spiro atoms. The van der Waals surface area contributed by atoms with Gasteiger partial charge in [-0.05, 0) is 27.2 Å². The van der Waals surface area contributed by atoms with Crippen molar-refractivity contribution in [3.05, 3.63) is 0 Å². The van der Waals surface area contributed by atoms with Gasteiger partial charge in [-0.15, -0.1) is 5.43 Å². The fraction of sp³-hybridized carbons (Fsp3) is 0.875. The Hall–Kier alpha value is -0.770. The van der Waals surface area contributed by atoms with Crippen molar-refractivity contribution in [3.8, 4) is 0 Å². The molecule has 0 aliphatic heterocycles. The molecule has 4 nitrogen and oxygen atoms in total. The molecule has 0 fully saturated rings. The molecule has 1 N–H and O–H groups in total. The molecule has 0 saturated heterocycles. The Morgan fingerprint density at radius 2 is 2.08 bits per heavy atom. The summed E-state index contributed by atoms with van der Waals surface area (Å²) in [5.41, 5.74) is 5.60. The van der Waals surface area contributed by atoms with Crippen molar-refractivity contribution in [1.82, 2.24) is 10.9 Å². The number of amides is 1. The van der Waals surface area contributed by atoms with Crippen molar-refractivity contribution in [1.29, 1.82) is 0 Å². The average molecular weight is 173 g/mol. The lowest BCUT2D eigenvalue weighted by molar-refractivity contribution is 0.0495. The van der Waals surface area contributed by atoms with Crippen molar-refractivity contribution >= 4 is 6.09 Å². The Balaban J connectivity index is 3.47. The highest BCUT2D eigenvalue weighted by Gasteiger charge is 2.15. The summed E-state index contributed by atoms with van der Waals surface area (Å²) < 4.78 is 4.94. The number of rotatable bonds is 3. The first kappa shape index (κ1) is 11.2. The quantitative estimate of drug-likeness (QED) is 0.518. The van der Waals surface area contributed by atoms with Crippen LogP contribution in [0.5, 0.6) is 0 Å². The van der Waals surface area contributed by atoms with E-state index in [1.54, 1.807) is 0 Å². The molecule has 71 valence electrons. The third kappa shape index (κ3) is 7.34. The maximum Gasteiger partial charge on any atom is 0.423 e. The molecule has 0 atom stereocenters. The van der Waals surface area contributed by atoms with Gasteiger partial charge in [-0.2, -0.15) is 0 Å². The topological polar surface area (TPSA) is 52.4 Å². The van der Waals surface area contributed by atoms with Crippen molar-refractivity contribution in [2.24, 2.45) is 0 Å². The van der Waals surface area contributed by atoms with Gasteiger partial charge in [0, 0.05) is 6.54 Å². The minimum Gasteiger partial charge on any atom is -0.443 e. The van der Waals surface area contributed by atoms with Crippen molar-refractivity contribution in [3.63, 3.8) is 0 Å². The van der Waals surface area contributed by atoms with E-state index >= 15 is 0 Å². The summed E-state index contributed by atoms with van der Waals surface area (Å²) in [5.74, 6) is 0. The molecular formula is C8H17N2O2. The van der Waals surface area contributed by atoms with Gasteiger partial charge in [-0.3, -0.25) is 0 Å². The van der Waals surface area contributed by atoms with Crippen LogP contribution in [0.2, 0.25) is 0 Å². The van der Waals surface area contributed by atoms with E-state index in [0.29, 0.717) is 6.54 Å². The first-order valence-electron chi connectivity index (χ1n) is 4.11. The summed E-state index contributed by atoms with van der Waals surface area (Å²) >= 11 is 0. The highest BCUT2D eigenvalue weighted by atomic mass is 16.6. The molecule has 0 saturated carbocycles. The number of carbonyl (C=O) groups excluding carboxylic acids is 1. The van der Waals surface area contributed by atoms with Crippen LogP contribution in [0.25, 0.3) is 0 Å². The van der Waals surface area contributed by atoms with Gasteiger partial charge in [0.05, 0.1) is 0 Å². The first-order chi connectivity index (χ1) is 5.45. The van der Waals surface area contributed by atoms with Crippen LogP contribution in [0.4, 0.5) is 4.79 Å². The predicted octanol–water partition coefficient (Wildman–Crippen LogP) is 1.44. The number of carbonyl (C=O) groups is 1. The lowest BCUT2D eigenvalue weighted by atomic mass is 10.2. The largest absolute Gasteiger partial charge is 0.443 e. The first-order valence-corrected chi connectivity index (χ1v) is 4.11. The lowest BCUT2D eigenvalue weighted by Crippen LogP contribution is -2.37. The molecule has 0 aliphatic carbocycles. The standard InChI is InChI=1S/C8H17N2O2/c1-5-6-9-10-7(11)12-8(2,3)4/h5-6H2,1-4H3,(H,10,11). The van der Waals surface area contributed by atoms with E-state index in [1.165, 1.54) is 0 Å². The van der Waals surface area contributed by atoms with Gasteiger partial charge in [0.2, 0.25) is 0 Å².